The third kappa shape index (κ3) is 4.17. The average Bonchev–Trinajstić information content (AvgIpc) is 2.72. The fraction of sp³-hybridized carbons (Fsp3) is 0.0952. The highest BCUT2D eigenvalue weighted by Gasteiger charge is 2.06. The Morgan fingerprint density at radius 3 is 2.67 bits per heavy atom. The average molecular weight is 360 g/mol. The minimum absolute atomic E-state index is 0.319. The lowest BCUT2D eigenvalue weighted by molar-refractivity contribution is 0.293. The summed E-state index contributed by atoms with van der Waals surface area (Å²) >= 11 is 0. The number of benzene rings is 2. The van der Waals surface area contributed by atoms with Crippen LogP contribution in [0.5, 0.6) is 5.88 Å². The molecule has 0 bridgehead atoms. The first-order valence-corrected chi connectivity index (χ1v) is 8.54. The highest BCUT2D eigenvalue weighted by molar-refractivity contribution is 5.88. The van der Waals surface area contributed by atoms with Crippen molar-refractivity contribution >= 4 is 16.7 Å². The number of nitrogens with zero attached hydrogens (tertiary/aromatic N) is 3. The van der Waals surface area contributed by atoms with Crippen LogP contribution in [-0.2, 0) is 13.2 Å². The van der Waals surface area contributed by atoms with Gasteiger partial charge in [-0.1, -0.05) is 30.3 Å². The molecule has 0 unspecified atom stereocenters. The van der Waals surface area contributed by atoms with E-state index in [0.717, 1.165) is 11.1 Å². The Bertz CT molecular complexity index is 1060. The van der Waals surface area contributed by atoms with Crippen molar-refractivity contribution in [1.82, 2.24) is 15.0 Å². The summed E-state index contributed by atoms with van der Waals surface area (Å²) in [4.78, 5) is 12.6. The first-order valence-electron chi connectivity index (χ1n) is 8.54. The standard InChI is InChI=1S/C21H17FN4O/c22-17-6-7-19-18(11-17)21(26-14-25-19)24-12-16-8-9-23-20(10-16)27-13-15-4-2-1-3-5-15/h1-11,14H,12-13H2,(H,24,25,26). The first-order chi connectivity index (χ1) is 13.3. The maximum Gasteiger partial charge on any atom is 0.213 e. The summed E-state index contributed by atoms with van der Waals surface area (Å²) in [5.74, 6) is 0.820. The highest BCUT2D eigenvalue weighted by atomic mass is 19.1. The van der Waals surface area contributed by atoms with Gasteiger partial charge in [-0.2, -0.15) is 0 Å². The Kier molecular flexibility index (Phi) is 4.87. The van der Waals surface area contributed by atoms with Crippen LogP contribution in [-0.4, -0.2) is 15.0 Å². The summed E-state index contributed by atoms with van der Waals surface area (Å²) in [6.45, 7) is 0.966. The van der Waals surface area contributed by atoms with E-state index in [0.29, 0.717) is 35.8 Å². The molecule has 2 aromatic carbocycles. The van der Waals surface area contributed by atoms with Crippen molar-refractivity contribution in [3.63, 3.8) is 0 Å². The summed E-state index contributed by atoms with van der Waals surface area (Å²) in [5.41, 5.74) is 2.75. The second-order valence-corrected chi connectivity index (χ2v) is 6.01. The molecular weight excluding hydrogens is 343 g/mol. The molecule has 1 N–H and O–H groups in total. The molecule has 2 heterocycles. The van der Waals surface area contributed by atoms with Crippen LogP contribution in [0.3, 0.4) is 0 Å². The van der Waals surface area contributed by atoms with Gasteiger partial charge in [0.25, 0.3) is 0 Å². The molecule has 6 heteroatoms. The molecule has 0 radical (unpaired) electrons. The lowest BCUT2D eigenvalue weighted by Crippen LogP contribution is -2.04. The molecule has 4 aromatic rings. The van der Waals surface area contributed by atoms with E-state index in [1.807, 2.05) is 42.5 Å². The molecule has 0 amide bonds. The molecule has 0 fully saturated rings. The van der Waals surface area contributed by atoms with Crippen LogP contribution < -0.4 is 10.1 Å². The summed E-state index contributed by atoms with van der Waals surface area (Å²) in [7, 11) is 0. The van der Waals surface area contributed by atoms with Gasteiger partial charge in [0.05, 0.1) is 5.52 Å². The van der Waals surface area contributed by atoms with Gasteiger partial charge in [0.15, 0.2) is 0 Å². The fourth-order valence-corrected chi connectivity index (χ4v) is 2.73. The van der Waals surface area contributed by atoms with E-state index in [2.05, 4.69) is 20.3 Å². The quantitative estimate of drug-likeness (QED) is 0.554. The number of fused-ring (bicyclic) bond motifs is 1. The Morgan fingerprint density at radius 2 is 1.78 bits per heavy atom. The molecule has 0 saturated carbocycles. The number of hydrogen-bond donors (Lipinski definition) is 1. The smallest absolute Gasteiger partial charge is 0.213 e. The number of rotatable bonds is 6. The van der Waals surface area contributed by atoms with E-state index >= 15 is 0 Å². The lowest BCUT2D eigenvalue weighted by Gasteiger charge is -2.10. The second-order valence-electron chi connectivity index (χ2n) is 6.01. The van der Waals surface area contributed by atoms with Crippen LogP contribution in [0.4, 0.5) is 10.2 Å². The van der Waals surface area contributed by atoms with Crippen molar-refractivity contribution < 1.29 is 9.13 Å². The van der Waals surface area contributed by atoms with E-state index in [9.17, 15) is 4.39 Å². The summed E-state index contributed by atoms with van der Waals surface area (Å²) in [6, 6.07) is 18.2. The van der Waals surface area contributed by atoms with Crippen molar-refractivity contribution in [2.24, 2.45) is 0 Å². The Morgan fingerprint density at radius 1 is 0.889 bits per heavy atom. The monoisotopic (exact) mass is 360 g/mol. The molecule has 0 spiro atoms. The number of halogens is 1. The van der Waals surface area contributed by atoms with Crippen molar-refractivity contribution in [2.75, 3.05) is 5.32 Å². The van der Waals surface area contributed by atoms with Gasteiger partial charge in [0.2, 0.25) is 5.88 Å². The Hall–Kier alpha value is -3.54. The van der Waals surface area contributed by atoms with Gasteiger partial charge in [-0.15, -0.1) is 0 Å². The predicted molar refractivity (Wildman–Crippen MR) is 102 cm³/mol. The van der Waals surface area contributed by atoms with Crippen LogP contribution in [0.1, 0.15) is 11.1 Å². The van der Waals surface area contributed by atoms with Crippen LogP contribution in [0.15, 0.2) is 73.2 Å². The van der Waals surface area contributed by atoms with Gasteiger partial charge in [0, 0.05) is 24.2 Å². The van der Waals surface area contributed by atoms with Gasteiger partial charge >= 0.3 is 0 Å². The van der Waals surface area contributed by atoms with Crippen LogP contribution in [0.25, 0.3) is 10.9 Å². The van der Waals surface area contributed by atoms with E-state index in [4.69, 9.17) is 4.74 Å². The molecule has 0 aliphatic carbocycles. The largest absolute Gasteiger partial charge is 0.473 e. The van der Waals surface area contributed by atoms with Crippen LogP contribution in [0.2, 0.25) is 0 Å². The topological polar surface area (TPSA) is 59.9 Å². The van der Waals surface area contributed by atoms with Crippen molar-refractivity contribution in [3.05, 3.63) is 90.1 Å². The zero-order valence-electron chi connectivity index (χ0n) is 14.5. The predicted octanol–water partition coefficient (Wildman–Crippen LogP) is 4.36. The third-order valence-electron chi connectivity index (χ3n) is 4.09. The summed E-state index contributed by atoms with van der Waals surface area (Å²) in [6.07, 6.45) is 3.17. The van der Waals surface area contributed by atoms with Crippen molar-refractivity contribution in [2.45, 2.75) is 13.2 Å². The molecule has 27 heavy (non-hydrogen) atoms. The molecule has 5 nitrogen and oxygen atoms in total. The third-order valence-corrected chi connectivity index (χ3v) is 4.09. The molecule has 0 saturated heterocycles. The minimum Gasteiger partial charge on any atom is -0.473 e. The lowest BCUT2D eigenvalue weighted by atomic mass is 10.2. The zero-order chi connectivity index (χ0) is 18.5. The summed E-state index contributed by atoms with van der Waals surface area (Å²) in [5, 5.41) is 3.88. The van der Waals surface area contributed by atoms with Crippen LogP contribution >= 0.6 is 0 Å². The maximum absolute atomic E-state index is 13.5. The zero-order valence-corrected chi connectivity index (χ0v) is 14.5. The van der Waals surface area contributed by atoms with Gasteiger partial charge < -0.3 is 10.1 Å². The van der Waals surface area contributed by atoms with E-state index < -0.39 is 0 Å². The second kappa shape index (κ2) is 7.78. The van der Waals surface area contributed by atoms with Gasteiger partial charge in [-0.05, 0) is 35.4 Å². The Labute approximate surface area is 155 Å². The van der Waals surface area contributed by atoms with Crippen molar-refractivity contribution in [1.29, 1.82) is 0 Å². The number of hydrogen-bond acceptors (Lipinski definition) is 5. The molecule has 2 aromatic heterocycles. The SMILES string of the molecule is Fc1ccc2ncnc(NCc3ccnc(OCc4ccccc4)c3)c2c1. The summed E-state index contributed by atoms with van der Waals surface area (Å²) < 4.78 is 19.3. The minimum atomic E-state index is -0.319. The molecule has 0 aliphatic rings. The first kappa shape index (κ1) is 16.9. The molecule has 0 atom stereocenters. The number of aromatic nitrogens is 3. The van der Waals surface area contributed by atoms with E-state index in [1.165, 1.54) is 18.5 Å². The van der Waals surface area contributed by atoms with Gasteiger partial charge in [-0.3, -0.25) is 0 Å². The van der Waals surface area contributed by atoms with Crippen LogP contribution in [0, 0.1) is 5.82 Å². The van der Waals surface area contributed by atoms with Gasteiger partial charge in [0.1, 0.15) is 24.6 Å². The molecular formula is C21H17FN4O. The normalized spacial score (nSPS) is 10.7. The molecule has 0 aliphatic heterocycles. The van der Waals surface area contributed by atoms with E-state index in [-0.39, 0.29) is 5.82 Å². The number of pyridine rings is 1. The molecule has 134 valence electrons. The highest BCUT2D eigenvalue weighted by Crippen LogP contribution is 2.21. The fourth-order valence-electron chi connectivity index (χ4n) is 2.73. The van der Waals surface area contributed by atoms with Crippen molar-refractivity contribution in [3.8, 4) is 5.88 Å². The number of nitrogens with one attached hydrogen (secondary N) is 1. The Balaban J connectivity index is 1.45. The molecule has 4 rings (SSSR count). The number of anilines is 1. The maximum atomic E-state index is 13.5. The van der Waals surface area contributed by atoms with E-state index in [1.54, 1.807) is 12.3 Å². The number of ether oxygens (including phenoxy) is 1. The van der Waals surface area contributed by atoms with Gasteiger partial charge in [-0.25, -0.2) is 19.3 Å².